The largest absolute Gasteiger partial charge is 0.499 e. The molecule has 0 spiro atoms. The summed E-state index contributed by atoms with van der Waals surface area (Å²) in [5, 5.41) is 5.19. The maximum Gasteiger partial charge on any atom is 0.170 e. The van der Waals surface area contributed by atoms with Gasteiger partial charge in [-0.1, -0.05) is 12.1 Å². The normalized spacial score (nSPS) is 21.8. The summed E-state index contributed by atoms with van der Waals surface area (Å²) in [6.45, 7) is 5.10. The lowest BCUT2D eigenvalue weighted by Crippen LogP contribution is -2.34. The van der Waals surface area contributed by atoms with Crippen LogP contribution in [0.4, 0.5) is 4.39 Å². The van der Waals surface area contributed by atoms with Crippen LogP contribution in [0.15, 0.2) is 46.3 Å². The van der Waals surface area contributed by atoms with Crippen molar-refractivity contribution in [1.82, 2.24) is 10.1 Å². The number of rotatable bonds is 6. The van der Waals surface area contributed by atoms with E-state index in [0.717, 1.165) is 60.9 Å². The molecule has 4 rings (SSSR count). The van der Waals surface area contributed by atoms with Crippen LogP contribution in [0.5, 0.6) is 0 Å². The fourth-order valence-electron chi connectivity index (χ4n) is 4.10. The van der Waals surface area contributed by atoms with E-state index in [9.17, 15) is 4.39 Å². The molecule has 0 N–H and O–H groups in total. The monoisotopic (exact) mass is 399 g/mol. The van der Waals surface area contributed by atoms with Crippen molar-refractivity contribution in [2.24, 2.45) is 0 Å². The van der Waals surface area contributed by atoms with E-state index in [1.807, 2.05) is 6.08 Å². The first-order valence-electron chi connectivity index (χ1n) is 10.4. The Bertz CT molecular complexity index is 920. The first kappa shape index (κ1) is 20.0. The molecule has 0 saturated carbocycles. The number of fused-ring (bicyclic) bond motifs is 1. The third-order valence-electron chi connectivity index (χ3n) is 5.81. The number of nitrogens with zero attached hydrogens (tertiary/aromatic N) is 2. The molecule has 29 heavy (non-hydrogen) atoms. The summed E-state index contributed by atoms with van der Waals surface area (Å²) in [5.41, 5.74) is 2.41. The lowest BCUT2D eigenvalue weighted by Gasteiger charge is -2.39. The van der Waals surface area contributed by atoms with E-state index < -0.39 is 0 Å². The third kappa shape index (κ3) is 4.04. The average molecular weight is 399 g/mol. The SMILES string of the molecule is CCC(C)O[C]1C=CC(N2CCCCC2c2noc3cc(F)ccc23)=C(OC)C1. The molecule has 1 aliphatic carbocycles. The van der Waals surface area contributed by atoms with Gasteiger partial charge in [-0.05, 0) is 56.9 Å². The predicted molar refractivity (Wildman–Crippen MR) is 109 cm³/mol. The van der Waals surface area contributed by atoms with Gasteiger partial charge in [0.2, 0.25) is 0 Å². The molecule has 6 heteroatoms. The smallest absolute Gasteiger partial charge is 0.170 e. The lowest BCUT2D eigenvalue weighted by molar-refractivity contribution is 0.0755. The summed E-state index contributed by atoms with van der Waals surface area (Å²) in [5.74, 6) is 0.584. The summed E-state index contributed by atoms with van der Waals surface area (Å²) in [6, 6.07) is 4.69. The number of halogens is 1. The van der Waals surface area contributed by atoms with Crippen LogP contribution in [0, 0.1) is 11.9 Å². The number of aromatic nitrogens is 1. The van der Waals surface area contributed by atoms with Crippen LogP contribution in [0.3, 0.4) is 0 Å². The van der Waals surface area contributed by atoms with Gasteiger partial charge in [-0.2, -0.15) is 0 Å². The van der Waals surface area contributed by atoms with Crippen LogP contribution in [-0.2, 0) is 9.47 Å². The fourth-order valence-corrected chi connectivity index (χ4v) is 4.10. The maximum atomic E-state index is 13.6. The quantitative estimate of drug-likeness (QED) is 0.627. The molecule has 1 radical (unpaired) electrons. The second-order valence-corrected chi connectivity index (χ2v) is 7.74. The standard InChI is InChI=1S/C23H28FN2O3/c1-4-15(2)28-17-9-11-19(22(14-17)27-3)26-12-6-5-7-20(26)23-18-10-8-16(24)13-21(18)29-25-23/h8-11,13,15,20H,4-7,12,14H2,1-3H3. The minimum Gasteiger partial charge on any atom is -0.499 e. The van der Waals surface area contributed by atoms with E-state index in [0.29, 0.717) is 12.0 Å². The van der Waals surface area contributed by atoms with E-state index in [1.54, 1.807) is 13.2 Å². The van der Waals surface area contributed by atoms with E-state index in [2.05, 4.69) is 30.0 Å². The highest BCUT2D eigenvalue weighted by Gasteiger charge is 2.32. The highest BCUT2D eigenvalue weighted by Crippen LogP contribution is 2.40. The molecule has 2 unspecified atom stereocenters. The summed E-state index contributed by atoms with van der Waals surface area (Å²) in [6.07, 6.45) is 10.0. The van der Waals surface area contributed by atoms with Gasteiger partial charge in [-0.25, -0.2) is 4.39 Å². The molecular formula is C23H28FN2O3. The molecular weight excluding hydrogens is 371 g/mol. The maximum absolute atomic E-state index is 13.6. The van der Waals surface area contributed by atoms with Crippen LogP contribution < -0.4 is 0 Å². The van der Waals surface area contributed by atoms with Gasteiger partial charge in [0, 0.05) is 24.4 Å². The van der Waals surface area contributed by atoms with E-state index >= 15 is 0 Å². The third-order valence-corrected chi connectivity index (χ3v) is 5.81. The Hall–Kier alpha value is -2.34. The summed E-state index contributed by atoms with van der Waals surface area (Å²) in [4.78, 5) is 2.35. The Kier molecular flexibility index (Phi) is 5.90. The van der Waals surface area contributed by atoms with Crippen molar-refractivity contribution in [2.45, 2.75) is 58.1 Å². The molecule has 5 nitrogen and oxygen atoms in total. The van der Waals surface area contributed by atoms with Crippen molar-refractivity contribution in [3.63, 3.8) is 0 Å². The van der Waals surface area contributed by atoms with Crippen LogP contribution in [-0.4, -0.2) is 29.8 Å². The Balaban J connectivity index is 1.64. The first-order chi connectivity index (χ1) is 14.1. The van der Waals surface area contributed by atoms with Crippen molar-refractivity contribution in [3.8, 4) is 0 Å². The summed E-state index contributed by atoms with van der Waals surface area (Å²) >= 11 is 0. The van der Waals surface area contributed by atoms with Gasteiger partial charge in [0.25, 0.3) is 0 Å². The van der Waals surface area contributed by atoms with Crippen LogP contribution in [0.2, 0.25) is 0 Å². The first-order valence-corrected chi connectivity index (χ1v) is 10.4. The Morgan fingerprint density at radius 2 is 2.17 bits per heavy atom. The minimum absolute atomic E-state index is 0.0669. The van der Waals surface area contributed by atoms with Gasteiger partial charge >= 0.3 is 0 Å². The molecule has 1 aromatic heterocycles. The molecule has 2 aliphatic rings. The van der Waals surface area contributed by atoms with Crippen molar-refractivity contribution >= 4 is 11.0 Å². The van der Waals surface area contributed by atoms with Crippen molar-refractivity contribution < 1.29 is 18.4 Å². The van der Waals surface area contributed by atoms with Crippen molar-refractivity contribution in [3.05, 3.63) is 59.4 Å². The zero-order valence-electron chi connectivity index (χ0n) is 17.3. The van der Waals surface area contributed by atoms with Gasteiger partial charge in [0.1, 0.15) is 23.4 Å². The van der Waals surface area contributed by atoms with Crippen molar-refractivity contribution in [1.29, 1.82) is 0 Å². The van der Waals surface area contributed by atoms with Crippen LogP contribution >= 0.6 is 0 Å². The number of piperidine rings is 1. The Morgan fingerprint density at radius 3 is 2.97 bits per heavy atom. The van der Waals surface area contributed by atoms with Gasteiger partial charge < -0.3 is 18.9 Å². The zero-order valence-corrected chi connectivity index (χ0v) is 17.3. The molecule has 2 atom stereocenters. The number of methoxy groups -OCH3 is 1. The van der Waals surface area contributed by atoms with Crippen LogP contribution in [0.1, 0.15) is 57.7 Å². The highest BCUT2D eigenvalue weighted by atomic mass is 19.1. The number of hydrogen-bond acceptors (Lipinski definition) is 5. The topological polar surface area (TPSA) is 47.7 Å². The number of hydrogen-bond donors (Lipinski definition) is 0. The molecule has 1 aromatic carbocycles. The molecule has 1 saturated heterocycles. The van der Waals surface area contributed by atoms with E-state index in [-0.39, 0.29) is 18.0 Å². The molecule has 1 fully saturated rings. The van der Waals surface area contributed by atoms with E-state index in [1.165, 1.54) is 12.1 Å². The Morgan fingerprint density at radius 1 is 1.31 bits per heavy atom. The average Bonchev–Trinajstić information content (AvgIpc) is 3.16. The van der Waals surface area contributed by atoms with Crippen LogP contribution in [0.25, 0.3) is 11.0 Å². The second-order valence-electron chi connectivity index (χ2n) is 7.74. The molecule has 1 aliphatic heterocycles. The summed E-state index contributed by atoms with van der Waals surface area (Å²) < 4.78 is 30.8. The van der Waals surface area contributed by atoms with Gasteiger partial charge in [-0.15, -0.1) is 0 Å². The van der Waals surface area contributed by atoms with Gasteiger partial charge in [0.15, 0.2) is 5.58 Å². The molecule has 2 aromatic rings. The zero-order chi connectivity index (χ0) is 20.4. The second kappa shape index (κ2) is 8.57. The number of ether oxygens (including phenoxy) is 2. The number of benzene rings is 1. The van der Waals surface area contributed by atoms with Crippen molar-refractivity contribution in [2.75, 3.05) is 13.7 Å². The minimum atomic E-state index is -0.315. The number of allylic oxidation sites excluding steroid dienone is 1. The summed E-state index contributed by atoms with van der Waals surface area (Å²) in [7, 11) is 1.71. The highest BCUT2D eigenvalue weighted by molar-refractivity contribution is 5.79. The van der Waals surface area contributed by atoms with E-state index in [4.69, 9.17) is 14.0 Å². The molecule has 155 valence electrons. The van der Waals surface area contributed by atoms with Gasteiger partial charge in [0.05, 0.1) is 25.0 Å². The number of likely N-dealkylation sites (tertiary alicyclic amines) is 1. The lowest BCUT2D eigenvalue weighted by atomic mass is 9.94. The predicted octanol–water partition coefficient (Wildman–Crippen LogP) is 5.66. The molecule has 0 bridgehead atoms. The molecule has 0 amide bonds. The molecule has 2 heterocycles. The van der Waals surface area contributed by atoms with Gasteiger partial charge in [-0.3, -0.25) is 0 Å². The fraction of sp³-hybridized carbons (Fsp3) is 0.478. The Labute approximate surface area is 171 Å².